The van der Waals surface area contributed by atoms with Crippen LogP contribution in [-0.2, 0) is 4.79 Å². The summed E-state index contributed by atoms with van der Waals surface area (Å²) in [5.74, 6) is -0.201. The molecule has 0 aliphatic carbocycles. The highest BCUT2D eigenvalue weighted by Crippen LogP contribution is 2.27. The Balaban J connectivity index is 1.57. The number of hydrogen-bond donors (Lipinski definition) is 1. The third kappa shape index (κ3) is 5.03. The van der Waals surface area contributed by atoms with E-state index >= 15 is 0 Å². The lowest BCUT2D eigenvalue weighted by molar-refractivity contribution is -0.118. The summed E-state index contributed by atoms with van der Waals surface area (Å²) in [7, 11) is 0. The van der Waals surface area contributed by atoms with Gasteiger partial charge < -0.3 is 10.1 Å². The summed E-state index contributed by atoms with van der Waals surface area (Å²) in [5, 5.41) is 3.47. The van der Waals surface area contributed by atoms with Gasteiger partial charge in [-0.2, -0.15) is 0 Å². The summed E-state index contributed by atoms with van der Waals surface area (Å²) in [4.78, 5) is 21.4. The van der Waals surface area contributed by atoms with Crippen molar-refractivity contribution in [3.05, 3.63) is 72.3 Å². The fraction of sp³-hybridized carbons (Fsp3) is 0.105. The molecule has 0 saturated carbocycles. The zero-order valence-electron chi connectivity index (χ0n) is 14.0. The second-order valence-corrected chi connectivity index (χ2v) is 6.44. The minimum atomic E-state index is -0.351. The molecule has 1 amide bonds. The molecule has 0 aliphatic rings. The third-order valence-corrected chi connectivity index (χ3v) is 4.29. The minimum absolute atomic E-state index is 0.153. The van der Waals surface area contributed by atoms with E-state index in [0.29, 0.717) is 16.6 Å². The standard InChI is InChI=1S/C19H16FN3O2S/c1-13-11-16(26-19-21-9-2-10-22-19)7-8-17(13)23-18(24)12-25-15-5-3-14(20)4-6-15/h2-11H,12H2,1H3,(H,23,24). The second kappa shape index (κ2) is 8.44. The number of hydrogen-bond acceptors (Lipinski definition) is 5. The van der Waals surface area contributed by atoms with E-state index in [1.165, 1.54) is 36.0 Å². The third-order valence-electron chi connectivity index (χ3n) is 3.41. The van der Waals surface area contributed by atoms with Crippen LogP contribution < -0.4 is 10.1 Å². The van der Waals surface area contributed by atoms with Gasteiger partial charge in [-0.3, -0.25) is 4.79 Å². The second-order valence-electron chi connectivity index (χ2n) is 5.40. The van der Waals surface area contributed by atoms with E-state index in [1.54, 1.807) is 18.5 Å². The molecule has 2 aromatic carbocycles. The van der Waals surface area contributed by atoms with E-state index in [2.05, 4.69) is 15.3 Å². The number of aromatic nitrogens is 2. The first-order chi connectivity index (χ1) is 12.6. The number of halogens is 1. The molecule has 1 N–H and O–H groups in total. The highest BCUT2D eigenvalue weighted by Gasteiger charge is 2.08. The van der Waals surface area contributed by atoms with Gasteiger partial charge in [0.05, 0.1) is 0 Å². The number of nitrogens with zero attached hydrogens (tertiary/aromatic N) is 2. The maximum atomic E-state index is 12.8. The first-order valence-corrected chi connectivity index (χ1v) is 8.65. The Morgan fingerprint density at radius 2 is 1.88 bits per heavy atom. The molecule has 26 heavy (non-hydrogen) atoms. The van der Waals surface area contributed by atoms with E-state index in [1.807, 2.05) is 25.1 Å². The molecule has 0 atom stereocenters. The first kappa shape index (κ1) is 17.9. The Morgan fingerprint density at radius 3 is 2.58 bits per heavy atom. The molecule has 1 heterocycles. The lowest BCUT2D eigenvalue weighted by Gasteiger charge is -2.11. The molecular weight excluding hydrogens is 353 g/mol. The zero-order valence-corrected chi connectivity index (χ0v) is 14.8. The molecule has 0 spiro atoms. The predicted molar refractivity (Wildman–Crippen MR) is 97.9 cm³/mol. The fourth-order valence-electron chi connectivity index (χ4n) is 2.15. The van der Waals surface area contributed by atoms with Crippen molar-refractivity contribution in [2.75, 3.05) is 11.9 Å². The van der Waals surface area contributed by atoms with E-state index in [9.17, 15) is 9.18 Å². The van der Waals surface area contributed by atoms with Crippen LogP contribution in [0.15, 0.2) is 71.0 Å². The van der Waals surface area contributed by atoms with Gasteiger partial charge in [-0.15, -0.1) is 0 Å². The maximum absolute atomic E-state index is 12.8. The number of carbonyl (C=O) groups excluding carboxylic acids is 1. The lowest BCUT2D eigenvalue weighted by Crippen LogP contribution is -2.20. The molecule has 0 aliphatic heterocycles. The predicted octanol–water partition coefficient (Wildman–Crippen LogP) is 4.09. The highest BCUT2D eigenvalue weighted by atomic mass is 32.2. The summed E-state index contributed by atoms with van der Waals surface area (Å²) < 4.78 is 18.2. The SMILES string of the molecule is Cc1cc(Sc2ncccn2)ccc1NC(=O)COc1ccc(F)cc1. The Kier molecular flexibility index (Phi) is 5.80. The highest BCUT2D eigenvalue weighted by molar-refractivity contribution is 7.99. The average Bonchev–Trinajstić information content (AvgIpc) is 2.64. The average molecular weight is 369 g/mol. The van der Waals surface area contributed by atoms with Gasteiger partial charge in [0.25, 0.3) is 5.91 Å². The van der Waals surface area contributed by atoms with Gasteiger partial charge in [0.1, 0.15) is 11.6 Å². The van der Waals surface area contributed by atoms with Gasteiger partial charge in [0.2, 0.25) is 0 Å². The van der Waals surface area contributed by atoms with Crippen molar-refractivity contribution in [3.63, 3.8) is 0 Å². The molecule has 3 rings (SSSR count). The molecule has 0 saturated heterocycles. The summed E-state index contributed by atoms with van der Waals surface area (Å²) in [5.41, 5.74) is 1.62. The van der Waals surface area contributed by atoms with Crippen molar-refractivity contribution < 1.29 is 13.9 Å². The Hall–Kier alpha value is -2.93. The Labute approximate surface area is 154 Å². The van der Waals surface area contributed by atoms with Gasteiger partial charge in [-0.25, -0.2) is 14.4 Å². The van der Waals surface area contributed by atoms with Crippen LogP contribution in [0.3, 0.4) is 0 Å². The zero-order chi connectivity index (χ0) is 18.4. The van der Waals surface area contributed by atoms with E-state index in [-0.39, 0.29) is 18.3 Å². The normalized spacial score (nSPS) is 10.4. The summed E-state index contributed by atoms with van der Waals surface area (Å²) in [6.45, 7) is 1.76. The van der Waals surface area contributed by atoms with Crippen LogP contribution >= 0.6 is 11.8 Å². The smallest absolute Gasteiger partial charge is 0.262 e. The molecule has 0 unspecified atom stereocenters. The molecule has 1 aromatic heterocycles. The van der Waals surface area contributed by atoms with Gasteiger partial charge in [-0.05, 0) is 72.8 Å². The molecule has 0 fully saturated rings. The van der Waals surface area contributed by atoms with E-state index in [4.69, 9.17) is 4.74 Å². The molecule has 132 valence electrons. The van der Waals surface area contributed by atoms with Crippen molar-refractivity contribution in [1.82, 2.24) is 9.97 Å². The molecule has 3 aromatic rings. The number of nitrogens with one attached hydrogen (secondary N) is 1. The van der Waals surface area contributed by atoms with Crippen molar-refractivity contribution in [3.8, 4) is 5.75 Å². The number of amides is 1. The Bertz CT molecular complexity index is 889. The fourth-order valence-corrected chi connectivity index (χ4v) is 2.96. The van der Waals surface area contributed by atoms with Gasteiger partial charge in [0.15, 0.2) is 11.8 Å². The van der Waals surface area contributed by atoms with Crippen molar-refractivity contribution in [1.29, 1.82) is 0 Å². The quantitative estimate of drug-likeness (QED) is 0.663. The maximum Gasteiger partial charge on any atom is 0.262 e. The minimum Gasteiger partial charge on any atom is -0.484 e. The van der Waals surface area contributed by atoms with Crippen LogP contribution in [0.2, 0.25) is 0 Å². The molecule has 0 bridgehead atoms. The van der Waals surface area contributed by atoms with E-state index in [0.717, 1.165) is 10.5 Å². The van der Waals surface area contributed by atoms with Crippen molar-refractivity contribution in [2.45, 2.75) is 17.0 Å². The van der Waals surface area contributed by atoms with Crippen LogP contribution in [0, 0.1) is 12.7 Å². The molecular formula is C19H16FN3O2S. The first-order valence-electron chi connectivity index (χ1n) is 7.84. The van der Waals surface area contributed by atoms with Crippen molar-refractivity contribution >= 4 is 23.4 Å². The monoisotopic (exact) mass is 369 g/mol. The number of rotatable bonds is 6. The van der Waals surface area contributed by atoms with Gasteiger partial charge in [-0.1, -0.05) is 0 Å². The van der Waals surface area contributed by atoms with E-state index < -0.39 is 0 Å². The van der Waals surface area contributed by atoms with Crippen molar-refractivity contribution in [2.24, 2.45) is 0 Å². The number of anilines is 1. The molecule has 0 radical (unpaired) electrons. The summed E-state index contributed by atoms with van der Waals surface area (Å²) in [6, 6.07) is 13.0. The van der Waals surface area contributed by atoms with Gasteiger partial charge >= 0.3 is 0 Å². The molecule has 7 heteroatoms. The largest absolute Gasteiger partial charge is 0.484 e. The number of ether oxygens (including phenoxy) is 1. The topological polar surface area (TPSA) is 64.1 Å². The van der Waals surface area contributed by atoms with Crippen LogP contribution in [0.4, 0.5) is 10.1 Å². The Morgan fingerprint density at radius 1 is 1.15 bits per heavy atom. The number of benzene rings is 2. The number of carbonyl (C=O) groups is 1. The van der Waals surface area contributed by atoms with Crippen LogP contribution in [0.5, 0.6) is 5.75 Å². The summed E-state index contributed by atoms with van der Waals surface area (Å²) in [6.07, 6.45) is 3.38. The number of aryl methyl sites for hydroxylation is 1. The van der Waals surface area contributed by atoms with Crippen LogP contribution in [-0.4, -0.2) is 22.5 Å². The van der Waals surface area contributed by atoms with Crippen LogP contribution in [0.1, 0.15) is 5.56 Å². The van der Waals surface area contributed by atoms with Gasteiger partial charge in [0, 0.05) is 23.0 Å². The lowest BCUT2D eigenvalue weighted by atomic mass is 10.2. The van der Waals surface area contributed by atoms with Crippen LogP contribution in [0.25, 0.3) is 0 Å². The molecule has 5 nitrogen and oxygen atoms in total. The summed E-state index contributed by atoms with van der Waals surface area (Å²) >= 11 is 1.45.